The summed E-state index contributed by atoms with van der Waals surface area (Å²) in [6.07, 6.45) is -5.85. The molecule has 4 aromatic rings. The van der Waals surface area contributed by atoms with Crippen LogP contribution in [0.1, 0.15) is 48.6 Å². The minimum atomic E-state index is -4.90. The quantitative estimate of drug-likeness (QED) is 0.133. The predicted molar refractivity (Wildman–Crippen MR) is 162 cm³/mol. The van der Waals surface area contributed by atoms with Gasteiger partial charge in [-0.1, -0.05) is 78.9 Å². The maximum atomic E-state index is 15.2. The van der Waals surface area contributed by atoms with Gasteiger partial charge in [-0.25, -0.2) is 17.7 Å². The predicted octanol–water partition coefficient (Wildman–Crippen LogP) is 8.91. The highest BCUT2D eigenvalue weighted by atomic mass is 32.2. The standard InChI is InChI=1S/C34H31F6NO2S/c1-32(2,3)44(42)41-33(22-24-12-8-5-9-13-24,27-19-28(35)21-29(20-27)43-34(39,40)31(37)38)26-16-17-30(36)25(18-26)15-14-23-10-6-4-7-11-23/h4-21,31,41H,22H2,1-3H3/b15-14+/t33-,44-/m1/s1. The summed E-state index contributed by atoms with van der Waals surface area (Å²) in [7, 11) is -1.86. The van der Waals surface area contributed by atoms with Crippen molar-refractivity contribution >= 4 is 23.1 Å². The summed E-state index contributed by atoms with van der Waals surface area (Å²) in [6.45, 7) is 5.10. The molecule has 10 heteroatoms. The Labute approximate surface area is 255 Å². The van der Waals surface area contributed by atoms with E-state index in [1.165, 1.54) is 18.2 Å². The van der Waals surface area contributed by atoms with Gasteiger partial charge in [-0.3, -0.25) is 0 Å². The number of benzene rings is 4. The molecule has 4 aromatic carbocycles. The van der Waals surface area contributed by atoms with Crippen molar-refractivity contribution in [2.24, 2.45) is 0 Å². The fourth-order valence-corrected chi connectivity index (χ4v) is 5.43. The number of halogens is 6. The first-order valence-corrected chi connectivity index (χ1v) is 14.8. The molecule has 0 spiro atoms. The van der Waals surface area contributed by atoms with Gasteiger partial charge in [0.05, 0.1) is 21.3 Å². The van der Waals surface area contributed by atoms with Crippen molar-refractivity contribution in [3.05, 3.63) is 137 Å². The van der Waals surface area contributed by atoms with Crippen molar-refractivity contribution in [1.82, 2.24) is 4.72 Å². The third kappa shape index (κ3) is 7.98. The Morgan fingerprint density at radius 2 is 1.45 bits per heavy atom. The van der Waals surface area contributed by atoms with E-state index in [-0.39, 0.29) is 17.5 Å². The molecule has 0 amide bonds. The number of hydrogen-bond acceptors (Lipinski definition) is 2. The number of ether oxygens (including phenoxy) is 1. The van der Waals surface area contributed by atoms with Gasteiger partial charge in [0.2, 0.25) is 0 Å². The topological polar surface area (TPSA) is 38.3 Å². The number of alkyl halides is 4. The van der Waals surface area contributed by atoms with E-state index in [1.54, 1.807) is 63.3 Å². The Hall–Kier alpha value is -3.89. The highest BCUT2D eigenvalue weighted by Gasteiger charge is 2.45. The largest absolute Gasteiger partial charge is 0.461 e. The van der Waals surface area contributed by atoms with Gasteiger partial charge in [-0.05, 0) is 73.7 Å². The minimum Gasteiger partial charge on any atom is -0.428 e. The van der Waals surface area contributed by atoms with E-state index in [1.807, 2.05) is 30.3 Å². The molecule has 2 atom stereocenters. The fourth-order valence-electron chi connectivity index (χ4n) is 4.49. The lowest BCUT2D eigenvalue weighted by atomic mass is 9.78. The Morgan fingerprint density at radius 1 is 0.818 bits per heavy atom. The average molecular weight is 632 g/mol. The zero-order valence-corrected chi connectivity index (χ0v) is 25.0. The lowest BCUT2D eigenvalue weighted by molar-refractivity contribution is -0.253. The van der Waals surface area contributed by atoms with Gasteiger partial charge in [-0.2, -0.15) is 17.6 Å². The minimum absolute atomic E-state index is 0.0166. The van der Waals surface area contributed by atoms with Crippen molar-refractivity contribution in [2.45, 2.75) is 50.0 Å². The molecule has 0 heterocycles. The summed E-state index contributed by atoms with van der Waals surface area (Å²) in [4.78, 5) is 0. The van der Waals surface area contributed by atoms with Crippen molar-refractivity contribution in [3.63, 3.8) is 0 Å². The van der Waals surface area contributed by atoms with Gasteiger partial charge in [0.1, 0.15) is 17.4 Å². The first-order chi connectivity index (χ1) is 20.7. The summed E-state index contributed by atoms with van der Waals surface area (Å²) in [5, 5.41) is 0. The SMILES string of the molecule is CC(C)(C)[S@@](=O)N[C@@](Cc1ccccc1)(c1cc(F)cc(OC(F)(F)C(F)F)c1)c1ccc(F)c(/C=C/c2ccccc2)c1. The molecule has 0 radical (unpaired) electrons. The summed E-state index contributed by atoms with van der Waals surface area (Å²) in [5.74, 6) is -2.50. The zero-order valence-electron chi connectivity index (χ0n) is 24.2. The monoisotopic (exact) mass is 631 g/mol. The molecule has 0 aliphatic rings. The summed E-state index contributed by atoms with van der Waals surface area (Å²) in [5.41, 5.74) is 0.217. The van der Waals surface area contributed by atoms with Crippen LogP contribution in [0.3, 0.4) is 0 Å². The molecule has 0 bridgehead atoms. The van der Waals surface area contributed by atoms with Gasteiger partial charge in [0.25, 0.3) is 0 Å². The van der Waals surface area contributed by atoms with Crippen molar-refractivity contribution in [2.75, 3.05) is 0 Å². The van der Waals surface area contributed by atoms with Gasteiger partial charge >= 0.3 is 12.5 Å². The van der Waals surface area contributed by atoms with Crippen LogP contribution in [0.5, 0.6) is 5.75 Å². The number of hydrogen-bond donors (Lipinski definition) is 1. The zero-order chi connectivity index (χ0) is 32.1. The molecule has 0 unspecified atom stereocenters. The molecular formula is C34H31F6NO2S. The van der Waals surface area contributed by atoms with Crippen LogP contribution in [0.15, 0.2) is 97.1 Å². The van der Waals surface area contributed by atoms with Gasteiger partial charge in [0.15, 0.2) is 0 Å². The van der Waals surface area contributed by atoms with E-state index < -0.39 is 51.2 Å². The molecule has 1 N–H and O–H groups in total. The van der Waals surface area contributed by atoms with E-state index in [0.717, 1.165) is 17.7 Å². The van der Waals surface area contributed by atoms with Crippen molar-refractivity contribution in [3.8, 4) is 5.75 Å². The van der Waals surface area contributed by atoms with Crippen LogP contribution >= 0.6 is 0 Å². The summed E-state index contributed by atoms with van der Waals surface area (Å²) < 4.78 is 104. The van der Waals surface area contributed by atoms with Crippen LogP contribution in [0, 0.1) is 11.6 Å². The number of rotatable bonds is 11. The Kier molecular flexibility index (Phi) is 10.1. The Bertz CT molecular complexity index is 1620. The molecule has 4 rings (SSSR count). The molecule has 232 valence electrons. The second-order valence-electron chi connectivity index (χ2n) is 11.2. The van der Waals surface area contributed by atoms with E-state index >= 15 is 8.78 Å². The molecule has 0 saturated carbocycles. The lowest BCUT2D eigenvalue weighted by Gasteiger charge is -2.38. The first-order valence-electron chi connectivity index (χ1n) is 13.6. The third-order valence-corrected chi connectivity index (χ3v) is 8.40. The number of nitrogens with one attached hydrogen (secondary N) is 1. The maximum Gasteiger partial charge on any atom is 0.461 e. The second-order valence-corrected chi connectivity index (χ2v) is 13.1. The van der Waals surface area contributed by atoms with Gasteiger partial charge in [-0.15, -0.1) is 0 Å². The molecule has 0 aliphatic carbocycles. The maximum absolute atomic E-state index is 15.2. The van der Waals surface area contributed by atoms with Crippen LogP contribution in [-0.2, 0) is 22.9 Å². The molecular weight excluding hydrogens is 600 g/mol. The highest BCUT2D eigenvalue weighted by molar-refractivity contribution is 7.84. The Morgan fingerprint density at radius 3 is 2.07 bits per heavy atom. The second kappa shape index (κ2) is 13.4. The third-order valence-electron chi connectivity index (χ3n) is 6.75. The summed E-state index contributed by atoms with van der Waals surface area (Å²) >= 11 is 0. The molecule has 0 saturated heterocycles. The normalized spacial score (nSPS) is 14.5. The average Bonchev–Trinajstić information content (AvgIpc) is 2.96. The molecule has 44 heavy (non-hydrogen) atoms. The molecule has 0 aromatic heterocycles. The van der Waals surface area contributed by atoms with Crippen LogP contribution in [0.4, 0.5) is 26.3 Å². The molecule has 0 fully saturated rings. The van der Waals surface area contributed by atoms with Crippen LogP contribution in [-0.4, -0.2) is 21.5 Å². The van der Waals surface area contributed by atoms with E-state index in [0.29, 0.717) is 17.2 Å². The summed E-state index contributed by atoms with van der Waals surface area (Å²) in [6, 6.07) is 24.6. The van der Waals surface area contributed by atoms with E-state index in [2.05, 4.69) is 9.46 Å². The smallest absolute Gasteiger partial charge is 0.428 e. The van der Waals surface area contributed by atoms with Crippen LogP contribution in [0.2, 0.25) is 0 Å². The highest BCUT2D eigenvalue weighted by Crippen LogP contribution is 2.39. The van der Waals surface area contributed by atoms with E-state index in [9.17, 15) is 21.8 Å². The van der Waals surface area contributed by atoms with Gasteiger partial charge < -0.3 is 4.74 Å². The van der Waals surface area contributed by atoms with Gasteiger partial charge in [0, 0.05) is 11.6 Å². The van der Waals surface area contributed by atoms with Crippen LogP contribution in [0.25, 0.3) is 12.2 Å². The fraction of sp³-hybridized carbons (Fsp3) is 0.235. The van der Waals surface area contributed by atoms with Crippen molar-refractivity contribution < 1.29 is 35.3 Å². The first kappa shape index (κ1) is 33.0. The van der Waals surface area contributed by atoms with Crippen molar-refractivity contribution in [1.29, 1.82) is 0 Å². The molecule has 3 nitrogen and oxygen atoms in total. The molecule has 0 aliphatic heterocycles. The van der Waals surface area contributed by atoms with Crippen LogP contribution < -0.4 is 9.46 Å². The van der Waals surface area contributed by atoms with E-state index in [4.69, 9.17) is 0 Å². The lowest BCUT2D eigenvalue weighted by Crippen LogP contribution is -2.50. The Balaban J connectivity index is 1.98.